The number of hydrogen-bond donors (Lipinski definition) is 1. The number of unbranched alkanes of at least 4 members (excludes halogenated alkanes) is 1. The number of rotatable bonds is 7. The third-order valence-electron chi connectivity index (χ3n) is 3.37. The van der Waals surface area contributed by atoms with Gasteiger partial charge < -0.3 is 14.7 Å². The van der Waals surface area contributed by atoms with Gasteiger partial charge in [-0.15, -0.1) is 17.3 Å². The van der Waals surface area contributed by atoms with Crippen molar-refractivity contribution in [3.63, 3.8) is 0 Å². The molecule has 0 spiro atoms. The zero-order chi connectivity index (χ0) is 15.9. The number of β-lactam (4-membered cyclic amide) rings is 1. The topological polar surface area (TPSA) is 66.8 Å². The van der Waals surface area contributed by atoms with Crippen LogP contribution in [0.5, 0.6) is 5.06 Å². The maximum Gasteiger partial charge on any atom is 0.303 e. The van der Waals surface area contributed by atoms with Crippen molar-refractivity contribution in [2.75, 3.05) is 13.2 Å². The summed E-state index contributed by atoms with van der Waals surface area (Å²) in [5.74, 6) is 5.13. The monoisotopic (exact) mass is 321 g/mol. The number of nitrogens with zero attached hydrogens (tertiary/aromatic N) is 1. The van der Waals surface area contributed by atoms with Gasteiger partial charge in [-0.25, -0.2) is 0 Å². The van der Waals surface area contributed by atoms with Crippen molar-refractivity contribution in [1.29, 1.82) is 0 Å². The van der Waals surface area contributed by atoms with Crippen LogP contribution >= 0.6 is 11.3 Å². The molecule has 1 N–H and O–H groups in total. The summed E-state index contributed by atoms with van der Waals surface area (Å²) in [7, 11) is 0. The number of carbonyl (C=O) groups excluding carboxylic acids is 1. The Morgan fingerprint density at radius 1 is 1.50 bits per heavy atom. The fraction of sp³-hybridized carbons (Fsp3) is 0.500. The highest BCUT2D eigenvalue weighted by molar-refractivity contribution is 7.13. The lowest BCUT2D eigenvalue weighted by atomic mass is 10.0. The molecule has 0 aromatic carbocycles. The number of likely N-dealkylation sites (tertiary alicyclic amines) is 1. The van der Waals surface area contributed by atoms with Crippen LogP contribution in [0.15, 0.2) is 12.1 Å². The molecule has 0 saturated carbocycles. The Bertz CT molecular complexity index is 599. The van der Waals surface area contributed by atoms with Gasteiger partial charge in [-0.05, 0) is 25.5 Å². The van der Waals surface area contributed by atoms with Crippen molar-refractivity contribution >= 4 is 23.2 Å². The summed E-state index contributed by atoms with van der Waals surface area (Å²) in [6, 6.07) is 4.03. The molecule has 2 rings (SSSR count). The second-order valence-corrected chi connectivity index (χ2v) is 6.41. The SMILES string of the molecule is Cc1ccc(OC[C@H]2CC(=O)N2CC#CCCCC(=O)O)s1. The first kappa shape index (κ1) is 16.4. The van der Waals surface area contributed by atoms with Crippen LogP contribution < -0.4 is 4.74 Å². The zero-order valence-corrected chi connectivity index (χ0v) is 13.3. The summed E-state index contributed by atoms with van der Waals surface area (Å²) in [4.78, 5) is 24.9. The molecule has 6 heteroatoms. The van der Waals surface area contributed by atoms with Gasteiger partial charge >= 0.3 is 5.97 Å². The number of carboxylic acids is 1. The number of amides is 1. The van der Waals surface area contributed by atoms with Crippen molar-refractivity contribution in [2.45, 2.75) is 38.6 Å². The number of hydrogen-bond acceptors (Lipinski definition) is 4. The summed E-state index contributed by atoms with van der Waals surface area (Å²) in [5.41, 5.74) is 0. The van der Waals surface area contributed by atoms with Gasteiger partial charge in [-0.2, -0.15) is 0 Å². The molecule has 0 bridgehead atoms. The van der Waals surface area contributed by atoms with E-state index in [9.17, 15) is 9.59 Å². The van der Waals surface area contributed by atoms with Gasteiger partial charge in [0.1, 0.15) is 6.61 Å². The van der Waals surface area contributed by atoms with E-state index < -0.39 is 5.97 Å². The van der Waals surface area contributed by atoms with Crippen molar-refractivity contribution in [1.82, 2.24) is 4.90 Å². The second-order valence-electron chi connectivity index (χ2n) is 5.16. The summed E-state index contributed by atoms with van der Waals surface area (Å²) in [5, 5.41) is 9.39. The third kappa shape index (κ3) is 4.78. The van der Waals surface area contributed by atoms with E-state index in [-0.39, 0.29) is 18.4 Å². The lowest BCUT2D eigenvalue weighted by Gasteiger charge is -2.38. The number of carbonyl (C=O) groups is 2. The lowest BCUT2D eigenvalue weighted by molar-refractivity contribution is -0.146. The summed E-state index contributed by atoms with van der Waals surface area (Å²) in [6.07, 6.45) is 1.73. The Hall–Kier alpha value is -2.00. The fourth-order valence-corrected chi connectivity index (χ4v) is 2.83. The minimum atomic E-state index is -0.805. The molecule has 1 amide bonds. The first-order chi connectivity index (χ1) is 10.6. The van der Waals surface area contributed by atoms with Crippen LogP contribution in [0.25, 0.3) is 0 Å². The Balaban J connectivity index is 1.69. The average Bonchev–Trinajstić information content (AvgIpc) is 2.87. The Morgan fingerprint density at radius 2 is 2.32 bits per heavy atom. The molecule has 1 aliphatic rings. The predicted molar refractivity (Wildman–Crippen MR) is 83.9 cm³/mol. The summed E-state index contributed by atoms with van der Waals surface area (Å²) >= 11 is 1.59. The molecule has 1 aromatic rings. The molecule has 118 valence electrons. The maximum absolute atomic E-state index is 11.6. The highest BCUT2D eigenvalue weighted by atomic mass is 32.1. The van der Waals surface area contributed by atoms with Crippen LogP contribution in [0.4, 0.5) is 0 Å². The number of ether oxygens (including phenoxy) is 1. The highest BCUT2D eigenvalue weighted by Crippen LogP contribution is 2.25. The molecule has 5 nitrogen and oxygen atoms in total. The molecule has 0 aliphatic carbocycles. The molecule has 22 heavy (non-hydrogen) atoms. The molecular weight excluding hydrogens is 302 g/mol. The predicted octanol–water partition coefficient (Wildman–Crippen LogP) is 2.29. The van der Waals surface area contributed by atoms with Gasteiger partial charge in [0.25, 0.3) is 0 Å². The molecule has 1 atom stereocenters. The van der Waals surface area contributed by atoms with Crippen molar-refractivity contribution < 1.29 is 19.4 Å². The van der Waals surface area contributed by atoms with E-state index in [4.69, 9.17) is 9.84 Å². The molecule has 0 radical (unpaired) electrons. The molecule has 1 aliphatic heterocycles. The van der Waals surface area contributed by atoms with E-state index in [0.717, 1.165) is 5.06 Å². The maximum atomic E-state index is 11.6. The highest BCUT2D eigenvalue weighted by Gasteiger charge is 2.35. The van der Waals surface area contributed by atoms with Crippen molar-refractivity contribution in [2.24, 2.45) is 0 Å². The lowest BCUT2D eigenvalue weighted by Crippen LogP contribution is -2.55. The number of carboxylic acid groups (broad SMARTS) is 1. The molecule has 1 aromatic heterocycles. The van der Waals surface area contributed by atoms with Crippen LogP contribution in [0.1, 0.15) is 30.6 Å². The summed E-state index contributed by atoms with van der Waals surface area (Å²) in [6.45, 7) is 2.91. The number of aryl methyl sites for hydroxylation is 1. The fourth-order valence-electron chi connectivity index (χ4n) is 2.11. The van der Waals surface area contributed by atoms with Gasteiger partial charge in [0.2, 0.25) is 5.91 Å². The van der Waals surface area contributed by atoms with Crippen LogP contribution in [0.3, 0.4) is 0 Å². The summed E-state index contributed by atoms with van der Waals surface area (Å²) < 4.78 is 5.69. The first-order valence-electron chi connectivity index (χ1n) is 7.22. The first-order valence-corrected chi connectivity index (χ1v) is 8.04. The van der Waals surface area contributed by atoms with E-state index in [0.29, 0.717) is 32.4 Å². The van der Waals surface area contributed by atoms with Crippen LogP contribution in [-0.2, 0) is 9.59 Å². The average molecular weight is 321 g/mol. The Morgan fingerprint density at radius 3 is 2.95 bits per heavy atom. The van der Waals surface area contributed by atoms with Crippen LogP contribution in [0.2, 0.25) is 0 Å². The largest absolute Gasteiger partial charge is 0.482 e. The third-order valence-corrected chi connectivity index (χ3v) is 4.29. The van der Waals surface area contributed by atoms with Crippen LogP contribution in [-0.4, -0.2) is 41.1 Å². The quantitative estimate of drug-likeness (QED) is 0.475. The zero-order valence-electron chi connectivity index (χ0n) is 12.5. The second kappa shape index (κ2) is 7.85. The minimum absolute atomic E-state index is 0.0863. The Labute approximate surface area is 133 Å². The Kier molecular flexibility index (Phi) is 5.84. The smallest absolute Gasteiger partial charge is 0.303 e. The molecule has 1 saturated heterocycles. The van der Waals surface area contributed by atoms with E-state index in [1.165, 1.54) is 4.88 Å². The number of thiophene rings is 1. The van der Waals surface area contributed by atoms with Gasteiger partial charge in [0, 0.05) is 17.7 Å². The van der Waals surface area contributed by atoms with Gasteiger partial charge in [0.15, 0.2) is 5.06 Å². The van der Waals surface area contributed by atoms with Gasteiger partial charge in [-0.3, -0.25) is 9.59 Å². The van der Waals surface area contributed by atoms with Gasteiger partial charge in [-0.1, -0.05) is 5.92 Å². The van der Waals surface area contributed by atoms with E-state index in [2.05, 4.69) is 11.8 Å². The van der Waals surface area contributed by atoms with E-state index in [1.807, 2.05) is 19.1 Å². The molecule has 2 heterocycles. The van der Waals surface area contributed by atoms with Crippen molar-refractivity contribution in [3.8, 4) is 16.9 Å². The number of aliphatic carboxylic acids is 1. The molecular formula is C16H19NO4S. The van der Waals surface area contributed by atoms with Crippen molar-refractivity contribution in [3.05, 3.63) is 17.0 Å². The standard InChI is InChI=1S/C16H19NO4S/c1-12-7-8-16(22-12)21-11-13-10-14(18)17(13)9-5-3-2-4-6-15(19)20/h7-8,13H,2,4,6,9-11H2,1H3,(H,19,20)/t13-/m1/s1. The van der Waals surface area contributed by atoms with E-state index in [1.54, 1.807) is 16.2 Å². The molecule has 0 unspecified atom stereocenters. The molecule has 1 fully saturated rings. The van der Waals surface area contributed by atoms with Crippen LogP contribution in [0, 0.1) is 18.8 Å². The van der Waals surface area contributed by atoms with Gasteiger partial charge in [0.05, 0.1) is 19.0 Å². The normalized spacial score (nSPS) is 16.7. The minimum Gasteiger partial charge on any atom is -0.482 e. The van der Waals surface area contributed by atoms with E-state index >= 15 is 0 Å².